The molecule has 0 saturated carbocycles. The maximum absolute atomic E-state index is 12.7. The Hall–Kier alpha value is -4.21. The number of hydrogen-bond donors (Lipinski definition) is 2. The summed E-state index contributed by atoms with van der Waals surface area (Å²) in [6.45, 7) is 0.0655. The molecule has 0 unspecified atom stereocenters. The van der Waals surface area contributed by atoms with Crippen molar-refractivity contribution in [1.29, 1.82) is 0 Å². The Morgan fingerprint density at radius 3 is 2.83 bits per heavy atom. The number of aromatic amines is 1. The number of nitrogens with zero attached hydrogens (tertiary/aromatic N) is 4. The first-order valence-corrected chi connectivity index (χ1v) is 9.26. The Morgan fingerprint density at radius 1 is 1.17 bits per heavy atom. The van der Waals surface area contributed by atoms with Gasteiger partial charge in [-0.15, -0.1) is 5.10 Å². The van der Waals surface area contributed by atoms with Crippen LogP contribution in [0.15, 0.2) is 63.9 Å². The fourth-order valence-electron chi connectivity index (χ4n) is 3.31. The standard InChI is InChI=1S/C20H16N6O4/c27-19(17-22-16(23-24-17)10-12-6-2-1-3-7-12)21-13-11-29-15-9-5-4-8-14(15)26-18(13)25-30-20(26)28/h1-9,13H,10-11H2,(H,21,27)(H,22,23,24)/t13-/m0/s1. The molecule has 10 nitrogen and oxygen atoms in total. The minimum absolute atomic E-state index is 0.0138. The van der Waals surface area contributed by atoms with Gasteiger partial charge in [0, 0.05) is 6.42 Å². The van der Waals surface area contributed by atoms with E-state index >= 15 is 0 Å². The second kappa shape index (κ2) is 7.32. The molecule has 1 atom stereocenters. The topological polar surface area (TPSA) is 128 Å². The second-order valence-corrected chi connectivity index (χ2v) is 6.71. The predicted octanol–water partition coefficient (Wildman–Crippen LogP) is 1.40. The lowest BCUT2D eigenvalue weighted by molar-refractivity contribution is 0.0908. The van der Waals surface area contributed by atoms with E-state index in [1.54, 1.807) is 24.3 Å². The lowest BCUT2D eigenvalue weighted by Crippen LogP contribution is -2.34. The van der Waals surface area contributed by atoms with Gasteiger partial charge >= 0.3 is 5.76 Å². The van der Waals surface area contributed by atoms with E-state index in [1.165, 1.54) is 4.57 Å². The number of rotatable bonds is 4. The molecule has 10 heteroatoms. The average molecular weight is 404 g/mol. The van der Waals surface area contributed by atoms with Crippen LogP contribution in [0.4, 0.5) is 0 Å². The molecule has 2 aromatic heterocycles. The predicted molar refractivity (Wildman–Crippen MR) is 103 cm³/mol. The zero-order valence-electron chi connectivity index (χ0n) is 15.6. The number of nitrogens with one attached hydrogen (secondary N) is 2. The Bertz CT molecular complexity index is 1260. The molecule has 1 aliphatic heterocycles. The fourth-order valence-corrected chi connectivity index (χ4v) is 3.31. The first-order chi connectivity index (χ1) is 14.7. The SMILES string of the molecule is O=C(N[C@H]1COc2ccccc2-n2c1noc2=O)c1n[nH]c(Cc2ccccc2)n1. The first kappa shape index (κ1) is 17.9. The van der Waals surface area contributed by atoms with Crippen molar-refractivity contribution in [1.82, 2.24) is 30.2 Å². The van der Waals surface area contributed by atoms with E-state index < -0.39 is 17.7 Å². The minimum atomic E-state index is -0.729. The Balaban J connectivity index is 1.37. The van der Waals surface area contributed by atoms with E-state index in [1.807, 2.05) is 30.3 Å². The minimum Gasteiger partial charge on any atom is -0.489 e. The largest absolute Gasteiger partial charge is 0.489 e. The van der Waals surface area contributed by atoms with Crippen molar-refractivity contribution in [3.63, 3.8) is 0 Å². The molecule has 1 aliphatic rings. The van der Waals surface area contributed by atoms with Crippen LogP contribution in [-0.4, -0.2) is 37.4 Å². The van der Waals surface area contributed by atoms with Gasteiger partial charge in [-0.2, -0.15) is 0 Å². The quantitative estimate of drug-likeness (QED) is 0.526. The van der Waals surface area contributed by atoms with Crippen molar-refractivity contribution in [2.75, 3.05) is 6.61 Å². The Kier molecular flexibility index (Phi) is 4.36. The third kappa shape index (κ3) is 3.24. The van der Waals surface area contributed by atoms with Gasteiger partial charge in [-0.25, -0.2) is 14.3 Å². The molecule has 0 spiro atoms. The third-order valence-electron chi connectivity index (χ3n) is 4.71. The van der Waals surface area contributed by atoms with E-state index in [2.05, 4.69) is 25.7 Å². The molecule has 0 radical (unpaired) electrons. The second-order valence-electron chi connectivity index (χ2n) is 6.71. The number of aromatic nitrogens is 5. The molecule has 2 N–H and O–H groups in total. The summed E-state index contributed by atoms with van der Waals surface area (Å²) in [5.74, 6) is 0.0915. The molecular formula is C20H16N6O4. The molecule has 30 heavy (non-hydrogen) atoms. The van der Waals surface area contributed by atoms with Gasteiger partial charge in [-0.3, -0.25) is 14.4 Å². The highest BCUT2D eigenvalue weighted by molar-refractivity contribution is 5.90. The van der Waals surface area contributed by atoms with Crippen molar-refractivity contribution in [3.05, 3.63) is 88.2 Å². The molecule has 0 fully saturated rings. The van der Waals surface area contributed by atoms with Crippen LogP contribution in [0.3, 0.4) is 0 Å². The van der Waals surface area contributed by atoms with E-state index in [0.29, 0.717) is 23.7 Å². The molecule has 2 aromatic carbocycles. The van der Waals surface area contributed by atoms with Crippen LogP contribution in [0.25, 0.3) is 5.69 Å². The number of fused-ring (bicyclic) bond motifs is 3. The van der Waals surface area contributed by atoms with E-state index in [-0.39, 0.29) is 18.3 Å². The van der Waals surface area contributed by atoms with Gasteiger partial charge in [0.1, 0.15) is 24.2 Å². The van der Waals surface area contributed by atoms with Crippen molar-refractivity contribution in [3.8, 4) is 11.4 Å². The summed E-state index contributed by atoms with van der Waals surface area (Å²) in [4.78, 5) is 29.2. The summed E-state index contributed by atoms with van der Waals surface area (Å²) < 4.78 is 11.9. The van der Waals surface area contributed by atoms with Crippen LogP contribution in [0.5, 0.6) is 5.75 Å². The molecule has 0 saturated heterocycles. The van der Waals surface area contributed by atoms with Gasteiger partial charge in [-0.05, 0) is 17.7 Å². The molecular weight excluding hydrogens is 388 g/mol. The maximum atomic E-state index is 12.7. The number of benzene rings is 2. The Morgan fingerprint density at radius 2 is 1.97 bits per heavy atom. The summed E-state index contributed by atoms with van der Waals surface area (Å²) >= 11 is 0. The fraction of sp³-hybridized carbons (Fsp3) is 0.150. The number of carbonyl (C=O) groups is 1. The van der Waals surface area contributed by atoms with Crippen molar-refractivity contribution < 1.29 is 14.1 Å². The van der Waals surface area contributed by atoms with Gasteiger partial charge in [0.25, 0.3) is 5.91 Å². The van der Waals surface area contributed by atoms with Gasteiger partial charge < -0.3 is 10.1 Å². The van der Waals surface area contributed by atoms with Crippen LogP contribution in [0.2, 0.25) is 0 Å². The lowest BCUT2D eigenvalue weighted by Gasteiger charge is -2.13. The molecule has 150 valence electrons. The zero-order valence-corrected chi connectivity index (χ0v) is 15.6. The molecule has 1 amide bonds. The molecule has 0 bridgehead atoms. The lowest BCUT2D eigenvalue weighted by atomic mass is 10.1. The number of hydrogen-bond acceptors (Lipinski definition) is 7. The number of ether oxygens (including phenoxy) is 1. The smallest absolute Gasteiger partial charge is 0.446 e. The molecule has 3 heterocycles. The van der Waals surface area contributed by atoms with E-state index in [9.17, 15) is 9.59 Å². The monoisotopic (exact) mass is 404 g/mol. The zero-order chi connectivity index (χ0) is 20.5. The number of para-hydroxylation sites is 2. The van der Waals surface area contributed by atoms with Crippen molar-refractivity contribution in [2.45, 2.75) is 12.5 Å². The van der Waals surface area contributed by atoms with Gasteiger partial charge in [0.05, 0.1) is 5.69 Å². The highest BCUT2D eigenvalue weighted by Gasteiger charge is 2.30. The number of amides is 1. The number of H-pyrrole nitrogens is 1. The van der Waals surface area contributed by atoms with Crippen LogP contribution < -0.4 is 15.8 Å². The summed E-state index contributed by atoms with van der Waals surface area (Å²) in [5, 5.41) is 13.4. The molecule has 4 aromatic rings. The van der Waals surface area contributed by atoms with Crippen LogP contribution in [-0.2, 0) is 6.42 Å². The van der Waals surface area contributed by atoms with Gasteiger partial charge in [0.15, 0.2) is 5.82 Å². The normalized spacial score (nSPS) is 14.9. The maximum Gasteiger partial charge on any atom is 0.446 e. The van der Waals surface area contributed by atoms with Gasteiger partial charge in [-0.1, -0.05) is 47.6 Å². The first-order valence-electron chi connectivity index (χ1n) is 9.26. The van der Waals surface area contributed by atoms with Crippen molar-refractivity contribution >= 4 is 5.91 Å². The molecule has 5 rings (SSSR count). The van der Waals surface area contributed by atoms with Crippen LogP contribution in [0.1, 0.15) is 33.9 Å². The van der Waals surface area contributed by atoms with Crippen molar-refractivity contribution in [2.24, 2.45) is 0 Å². The third-order valence-corrected chi connectivity index (χ3v) is 4.71. The Labute approximate surface area is 169 Å². The highest BCUT2D eigenvalue weighted by Crippen LogP contribution is 2.28. The summed E-state index contributed by atoms with van der Waals surface area (Å²) in [7, 11) is 0. The van der Waals surface area contributed by atoms with Crippen LogP contribution in [0, 0.1) is 0 Å². The summed E-state index contributed by atoms with van der Waals surface area (Å²) in [6.07, 6.45) is 0.520. The molecule has 0 aliphatic carbocycles. The summed E-state index contributed by atoms with van der Waals surface area (Å²) in [6, 6.07) is 16.0. The van der Waals surface area contributed by atoms with E-state index in [4.69, 9.17) is 9.26 Å². The number of carbonyl (C=O) groups excluding carboxylic acids is 1. The van der Waals surface area contributed by atoms with E-state index in [0.717, 1.165) is 5.56 Å². The van der Waals surface area contributed by atoms with Gasteiger partial charge in [0.2, 0.25) is 5.82 Å². The summed E-state index contributed by atoms with van der Waals surface area (Å²) in [5.41, 5.74) is 1.54. The average Bonchev–Trinajstić information content (AvgIpc) is 3.35. The van der Waals surface area contributed by atoms with Crippen LogP contribution >= 0.6 is 0 Å². The highest BCUT2D eigenvalue weighted by atomic mass is 16.5.